The van der Waals surface area contributed by atoms with Crippen molar-refractivity contribution in [3.63, 3.8) is 0 Å². The first-order chi connectivity index (χ1) is 8.72. The summed E-state index contributed by atoms with van der Waals surface area (Å²) in [5.41, 5.74) is 3.33. The van der Waals surface area contributed by atoms with E-state index in [0.29, 0.717) is 0 Å². The van der Waals surface area contributed by atoms with Crippen LogP contribution in [0, 0.1) is 6.92 Å². The van der Waals surface area contributed by atoms with Crippen molar-refractivity contribution in [3.8, 4) is 0 Å². The Morgan fingerprint density at radius 1 is 1.44 bits per heavy atom. The minimum atomic E-state index is 0.0235. The van der Waals surface area contributed by atoms with Crippen LogP contribution in [0.1, 0.15) is 30.4 Å². The van der Waals surface area contributed by atoms with Crippen LogP contribution in [0.5, 0.6) is 0 Å². The maximum atomic E-state index is 12.0. The highest BCUT2D eigenvalue weighted by atomic mass is 16.2. The number of anilines is 1. The SMILES string of the molecule is C=CCCCCN1Cc2cccc(C)c2NC1=O. The zero-order valence-corrected chi connectivity index (χ0v) is 10.9. The van der Waals surface area contributed by atoms with Crippen molar-refractivity contribution in [1.29, 1.82) is 0 Å². The third-order valence-corrected chi connectivity index (χ3v) is 3.33. The van der Waals surface area contributed by atoms with Crippen molar-refractivity contribution in [1.82, 2.24) is 4.90 Å². The summed E-state index contributed by atoms with van der Waals surface area (Å²) in [6, 6.07) is 6.18. The van der Waals surface area contributed by atoms with Gasteiger partial charge < -0.3 is 10.2 Å². The Morgan fingerprint density at radius 3 is 3.06 bits per heavy atom. The van der Waals surface area contributed by atoms with E-state index in [-0.39, 0.29) is 6.03 Å². The summed E-state index contributed by atoms with van der Waals surface area (Å²) in [6.45, 7) is 7.26. The van der Waals surface area contributed by atoms with Gasteiger partial charge in [0, 0.05) is 13.1 Å². The minimum absolute atomic E-state index is 0.0235. The molecule has 0 radical (unpaired) electrons. The number of allylic oxidation sites excluding steroid dienone is 1. The van der Waals surface area contributed by atoms with E-state index in [1.807, 2.05) is 30.0 Å². The zero-order valence-electron chi connectivity index (χ0n) is 10.9. The van der Waals surface area contributed by atoms with E-state index in [0.717, 1.165) is 43.6 Å². The van der Waals surface area contributed by atoms with E-state index in [1.54, 1.807) is 0 Å². The largest absolute Gasteiger partial charge is 0.322 e. The Bertz CT molecular complexity index is 454. The molecule has 0 unspecified atom stereocenters. The lowest BCUT2D eigenvalue weighted by molar-refractivity contribution is 0.205. The van der Waals surface area contributed by atoms with Gasteiger partial charge >= 0.3 is 6.03 Å². The second-order valence-corrected chi connectivity index (χ2v) is 4.75. The van der Waals surface area contributed by atoms with Gasteiger partial charge in [0.1, 0.15) is 0 Å². The van der Waals surface area contributed by atoms with Crippen molar-refractivity contribution < 1.29 is 4.79 Å². The van der Waals surface area contributed by atoms with Gasteiger partial charge in [0.05, 0.1) is 5.69 Å². The Balaban J connectivity index is 2.00. The Hall–Kier alpha value is -1.77. The van der Waals surface area contributed by atoms with Crippen LogP contribution in [0.25, 0.3) is 0 Å². The second kappa shape index (κ2) is 5.71. The monoisotopic (exact) mass is 244 g/mol. The number of aryl methyl sites for hydroxylation is 1. The molecule has 2 amide bonds. The molecule has 1 aliphatic heterocycles. The zero-order chi connectivity index (χ0) is 13.0. The number of para-hydroxylation sites is 1. The van der Waals surface area contributed by atoms with Crippen LogP contribution < -0.4 is 5.32 Å². The van der Waals surface area contributed by atoms with Crippen LogP contribution in [0.4, 0.5) is 10.5 Å². The summed E-state index contributed by atoms with van der Waals surface area (Å²) >= 11 is 0. The normalized spacial score (nSPS) is 14.1. The van der Waals surface area contributed by atoms with E-state index in [4.69, 9.17) is 0 Å². The summed E-state index contributed by atoms with van der Waals surface area (Å²) < 4.78 is 0. The number of urea groups is 1. The van der Waals surface area contributed by atoms with Crippen LogP contribution in [0.15, 0.2) is 30.9 Å². The van der Waals surface area contributed by atoms with E-state index < -0.39 is 0 Å². The highest BCUT2D eigenvalue weighted by Crippen LogP contribution is 2.26. The summed E-state index contributed by atoms with van der Waals surface area (Å²) in [6.07, 6.45) is 5.06. The molecule has 1 aliphatic rings. The number of fused-ring (bicyclic) bond motifs is 1. The molecule has 0 fully saturated rings. The molecule has 1 aromatic carbocycles. The molecule has 3 heteroatoms. The Labute approximate surface area is 108 Å². The lowest BCUT2D eigenvalue weighted by Crippen LogP contribution is -2.39. The van der Waals surface area contributed by atoms with Gasteiger partial charge in [-0.05, 0) is 37.3 Å². The van der Waals surface area contributed by atoms with Crippen LogP contribution >= 0.6 is 0 Å². The standard InChI is InChI=1S/C15H20N2O/c1-3-4-5-6-10-17-11-13-9-7-8-12(2)14(13)16-15(17)18/h3,7-9H,1,4-6,10-11H2,2H3,(H,16,18). The molecule has 1 heterocycles. The first-order valence-corrected chi connectivity index (χ1v) is 6.47. The molecular weight excluding hydrogens is 224 g/mol. The highest BCUT2D eigenvalue weighted by molar-refractivity contribution is 5.93. The topological polar surface area (TPSA) is 32.3 Å². The molecule has 0 atom stereocenters. The lowest BCUT2D eigenvalue weighted by atomic mass is 10.1. The van der Waals surface area contributed by atoms with E-state index in [9.17, 15) is 4.79 Å². The quantitative estimate of drug-likeness (QED) is 0.621. The average Bonchev–Trinajstić information content (AvgIpc) is 2.36. The van der Waals surface area contributed by atoms with Crippen molar-refractivity contribution in [2.24, 2.45) is 0 Å². The highest BCUT2D eigenvalue weighted by Gasteiger charge is 2.22. The summed E-state index contributed by atoms with van der Waals surface area (Å²) in [7, 11) is 0. The van der Waals surface area contributed by atoms with E-state index in [2.05, 4.69) is 18.0 Å². The van der Waals surface area contributed by atoms with Crippen LogP contribution in [-0.2, 0) is 6.54 Å². The van der Waals surface area contributed by atoms with Gasteiger partial charge in [0.15, 0.2) is 0 Å². The van der Waals surface area contributed by atoms with Gasteiger partial charge in [-0.1, -0.05) is 24.3 Å². The van der Waals surface area contributed by atoms with Crippen molar-refractivity contribution in [2.75, 3.05) is 11.9 Å². The minimum Gasteiger partial charge on any atom is -0.320 e. The number of hydrogen-bond donors (Lipinski definition) is 1. The number of rotatable bonds is 5. The number of nitrogens with one attached hydrogen (secondary N) is 1. The first kappa shape index (κ1) is 12.7. The molecular formula is C15H20N2O. The molecule has 0 saturated heterocycles. The van der Waals surface area contributed by atoms with Gasteiger partial charge in [0.2, 0.25) is 0 Å². The van der Waals surface area contributed by atoms with Gasteiger partial charge in [-0.25, -0.2) is 4.79 Å². The Morgan fingerprint density at radius 2 is 2.28 bits per heavy atom. The van der Waals surface area contributed by atoms with Crippen LogP contribution in [-0.4, -0.2) is 17.5 Å². The van der Waals surface area contributed by atoms with Gasteiger partial charge in [-0.15, -0.1) is 6.58 Å². The number of nitrogens with zero attached hydrogens (tertiary/aromatic N) is 1. The van der Waals surface area contributed by atoms with Crippen LogP contribution in [0.2, 0.25) is 0 Å². The van der Waals surface area contributed by atoms with Crippen molar-refractivity contribution in [3.05, 3.63) is 42.0 Å². The maximum Gasteiger partial charge on any atom is 0.322 e. The number of amides is 2. The van der Waals surface area contributed by atoms with E-state index in [1.165, 1.54) is 5.56 Å². The third kappa shape index (κ3) is 2.73. The van der Waals surface area contributed by atoms with Gasteiger partial charge in [-0.2, -0.15) is 0 Å². The Kier molecular flexibility index (Phi) is 4.03. The molecule has 1 N–H and O–H groups in total. The van der Waals surface area contributed by atoms with Crippen molar-refractivity contribution in [2.45, 2.75) is 32.7 Å². The van der Waals surface area contributed by atoms with E-state index >= 15 is 0 Å². The predicted octanol–water partition coefficient (Wildman–Crippen LogP) is 3.70. The molecule has 3 nitrogen and oxygen atoms in total. The average molecular weight is 244 g/mol. The fourth-order valence-electron chi connectivity index (χ4n) is 2.27. The number of hydrogen-bond acceptors (Lipinski definition) is 1. The summed E-state index contributed by atoms with van der Waals surface area (Å²) in [5, 5.41) is 2.99. The summed E-state index contributed by atoms with van der Waals surface area (Å²) in [4.78, 5) is 13.8. The molecule has 0 saturated carbocycles. The molecule has 0 spiro atoms. The first-order valence-electron chi connectivity index (χ1n) is 6.47. The third-order valence-electron chi connectivity index (χ3n) is 3.33. The molecule has 18 heavy (non-hydrogen) atoms. The number of carbonyl (C=O) groups is 1. The fraction of sp³-hybridized carbons (Fsp3) is 0.400. The molecule has 0 aliphatic carbocycles. The molecule has 2 rings (SSSR count). The predicted molar refractivity (Wildman–Crippen MR) is 74.7 cm³/mol. The van der Waals surface area contributed by atoms with Gasteiger partial charge in [-0.3, -0.25) is 0 Å². The molecule has 0 bridgehead atoms. The number of carbonyl (C=O) groups excluding carboxylic acids is 1. The van der Waals surface area contributed by atoms with Crippen molar-refractivity contribution >= 4 is 11.7 Å². The number of benzene rings is 1. The lowest BCUT2D eigenvalue weighted by Gasteiger charge is -2.30. The molecule has 96 valence electrons. The maximum absolute atomic E-state index is 12.0. The van der Waals surface area contributed by atoms with Gasteiger partial charge in [0.25, 0.3) is 0 Å². The van der Waals surface area contributed by atoms with Crippen LogP contribution in [0.3, 0.4) is 0 Å². The number of unbranched alkanes of at least 4 members (excludes halogenated alkanes) is 2. The molecule has 0 aromatic heterocycles. The molecule has 1 aromatic rings. The second-order valence-electron chi connectivity index (χ2n) is 4.75. The fourth-order valence-corrected chi connectivity index (χ4v) is 2.27. The smallest absolute Gasteiger partial charge is 0.320 e. The summed E-state index contributed by atoms with van der Waals surface area (Å²) in [5.74, 6) is 0.